The van der Waals surface area contributed by atoms with Crippen LogP contribution in [0.4, 0.5) is 13.2 Å². The highest BCUT2D eigenvalue weighted by Crippen LogP contribution is 2.46. The molecule has 2 heterocycles. The summed E-state index contributed by atoms with van der Waals surface area (Å²) in [7, 11) is 0. The summed E-state index contributed by atoms with van der Waals surface area (Å²) in [5.41, 5.74) is 1.22. The minimum Gasteiger partial charge on any atom is -0.504 e. The van der Waals surface area contributed by atoms with Gasteiger partial charge in [0.15, 0.2) is 11.5 Å². The van der Waals surface area contributed by atoms with E-state index in [4.69, 9.17) is 4.74 Å². The summed E-state index contributed by atoms with van der Waals surface area (Å²) >= 11 is 0. The van der Waals surface area contributed by atoms with Crippen molar-refractivity contribution >= 4 is 0 Å². The first-order chi connectivity index (χ1) is 11.3. The van der Waals surface area contributed by atoms with E-state index in [1.807, 2.05) is 0 Å². The third-order valence-electron chi connectivity index (χ3n) is 4.63. The van der Waals surface area contributed by atoms with Gasteiger partial charge in [-0.05, 0) is 29.3 Å². The minimum absolute atomic E-state index is 0.197. The van der Waals surface area contributed by atoms with Crippen LogP contribution in [0.1, 0.15) is 28.2 Å². The van der Waals surface area contributed by atoms with Crippen molar-refractivity contribution in [2.75, 3.05) is 6.61 Å². The van der Waals surface area contributed by atoms with Crippen LogP contribution in [0.2, 0.25) is 0 Å². The lowest BCUT2D eigenvalue weighted by atomic mass is 9.78. The Kier molecular flexibility index (Phi) is 3.18. The number of fused-ring (bicyclic) bond motifs is 5. The minimum atomic E-state index is -4.42. The molecule has 2 aromatic carbocycles. The van der Waals surface area contributed by atoms with E-state index in [2.05, 4.69) is 5.32 Å². The molecule has 0 aliphatic carbocycles. The van der Waals surface area contributed by atoms with Crippen LogP contribution in [-0.2, 0) is 12.7 Å². The normalized spacial score (nSPS) is 22.1. The van der Waals surface area contributed by atoms with Gasteiger partial charge in [0.05, 0.1) is 11.6 Å². The van der Waals surface area contributed by atoms with Crippen LogP contribution in [0.3, 0.4) is 0 Å². The summed E-state index contributed by atoms with van der Waals surface area (Å²) in [6.45, 7) is 0.731. The van der Waals surface area contributed by atoms with E-state index in [9.17, 15) is 23.4 Å². The molecule has 4 nitrogen and oxygen atoms in total. The van der Waals surface area contributed by atoms with E-state index in [-0.39, 0.29) is 30.1 Å². The molecule has 2 atom stereocenters. The fourth-order valence-corrected chi connectivity index (χ4v) is 3.46. The molecular formula is C17H14F3NO3. The zero-order chi connectivity index (χ0) is 17.1. The zero-order valence-corrected chi connectivity index (χ0v) is 12.4. The molecule has 0 unspecified atom stereocenters. The Morgan fingerprint density at radius 2 is 1.79 bits per heavy atom. The Hall–Kier alpha value is -2.41. The second kappa shape index (κ2) is 5.04. The summed E-state index contributed by atoms with van der Waals surface area (Å²) in [6.07, 6.45) is -4.42. The van der Waals surface area contributed by atoms with Crippen molar-refractivity contribution in [1.82, 2.24) is 5.32 Å². The molecule has 0 radical (unpaired) electrons. The number of phenols is 2. The number of hydrogen-bond donors (Lipinski definition) is 3. The van der Waals surface area contributed by atoms with Crippen molar-refractivity contribution in [3.8, 4) is 17.2 Å². The van der Waals surface area contributed by atoms with Crippen LogP contribution in [0.15, 0.2) is 30.3 Å². The molecule has 0 fully saturated rings. The zero-order valence-electron chi connectivity index (χ0n) is 12.4. The average Bonchev–Trinajstić information content (AvgIpc) is 2.54. The fourth-order valence-electron chi connectivity index (χ4n) is 3.46. The SMILES string of the molecule is Oc1cc2c(cc1O)[C@H]1c3cc(C(F)(F)F)ccc3CN[C@@H]1CO2. The third-order valence-corrected chi connectivity index (χ3v) is 4.63. The second-order valence-electron chi connectivity index (χ2n) is 6.07. The van der Waals surface area contributed by atoms with Crippen LogP contribution < -0.4 is 10.1 Å². The molecule has 0 saturated heterocycles. The van der Waals surface area contributed by atoms with E-state index in [0.717, 1.165) is 11.6 Å². The van der Waals surface area contributed by atoms with Gasteiger partial charge in [-0.15, -0.1) is 0 Å². The Morgan fingerprint density at radius 1 is 1.04 bits per heavy atom. The predicted octanol–water partition coefficient (Wildman–Crippen LogP) is 3.11. The van der Waals surface area contributed by atoms with Gasteiger partial charge in [0, 0.05) is 24.1 Å². The smallest absolute Gasteiger partial charge is 0.416 e. The average molecular weight is 337 g/mol. The number of nitrogens with one attached hydrogen (secondary N) is 1. The van der Waals surface area contributed by atoms with Gasteiger partial charge >= 0.3 is 6.18 Å². The lowest BCUT2D eigenvalue weighted by Crippen LogP contribution is -2.46. The number of rotatable bonds is 0. The predicted molar refractivity (Wildman–Crippen MR) is 79.2 cm³/mol. The van der Waals surface area contributed by atoms with Crippen molar-refractivity contribution in [1.29, 1.82) is 0 Å². The molecule has 7 heteroatoms. The van der Waals surface area contributed by atoms with Gasteiger partial charge in [-0.25, -0.2) is 0 Å². The summed E-state index contributed by atoms with van der Waals surface area (Å²) < 4.78 is 44.8. The fraction of sp³-hybridized carbons (Fsp3) is 0.294. The highest BCUT2D eigenvalue weighted by atomic mass is 19.4. The molecule has 24 heavy (non-hydrogen) atoms. The topological polar surface area (TPSA) is 61.7 Å². The van der Waals surface area contributed by atoms with E-state index in [1.54, 1.807) is 0 Å². The van der Waals surface area contributed by atoms with Crippen molar-refractivity contribution in [2.24, 2.45) is 0 Å². The standard InChI is InChI=1S/C17H14F3NO3/c18-17(19,20)9-2-1-8-6-21-12-7-24-15-5-14(23)13(22)4-11(15)16(12)10(8)3-9/h1-5,12,16,21-23H,6-7H2/t12-,16-/m1/s1. The number of halogens is 3. The summed E-state index contributed by atoms with van der Waals surface area (Å²) in [4.78, 5) is 0. The first kappa shape index (κ1) is 15.1. The number of alkyl halides is 3. The van der Waals surface area contributed by atoms with E-state index in [0.29, 0.717) is 23.4 Å². The summed E-state index contributed by atoms with van der Waals surface area (Å²) in [6, 6.07) is 6.19. The van der Waals surface area contributed by atoms with Crippen LogP contribution in [0.25, 0.3) is 0 Å². The Balaban J connectivity index is 1.89. The maximum absolute atomic E-state index is 13.1. The first-order valence-corrected chi connectivity index (χ1v) is 7.46. The molecule has 3 N–H and O–H groups in total. The van der Waals surface area contributed by atoms with E-state index in [1.165, 1.54) is 24.3 Å². The molecule has 0 aromatic heterocycles. The molecular weight excluding hydrogens is 323 g/mol. The van der Waals surface area contributed by atoms with Gasteiger partial charge in [-0.2, -0.15) is 13.2 Å². The number of phenolic OH excluding ortho intramolecular Hbond substituents is 2. The van der Waals surface area contributed by atoms with Gasteiger partial charge in [0.1, 0.15) is 12.4 Å². The highest BCUT2D eigenvalue weighted by molar-refractivity contribution is 5.56. The maximum Gasteiger partial charge on any atom is 0.416 e. The molecule has 126 valence electrons. The van der Waals surface area contributed by atoms with Crippen LogP contribution >= 0.6 is 0 Å². The van der Waals surface area contributed by atoms with Gasteiger partial charge < -0.3 is 20.3 Å². The van der Waals surface area contributed by atoms with Crippen molar-refractivity contribution in [3.05, 3.63) is 52.6 Å². The number of ether oxygens (including phenoxy) is 1. The van der Waals surface area contributed by atoms with Gasteiger partial charge in [0.25, 0.3) is 0 Å². The Bertz CT molecular complexity index is 819. The monoisotopic (exact) mass is 337 g/mol. The Labute approximate surface area is 135 Å². The van der Waals surface area contributed by atoms with Gasteiger partial charge in [0.2, 0.25) is 0 Å². The van der Waals surface area contributed by atoms with E-state index >= 15 is 0 Å². The van der Waals surface area contributed by atoms with Crippen molar-refractivity contribution < 1.29 is 28.1 Å². The number of hydrogen-bond acceptors (Lipinski definition) is 4. The lowest BCUT2D eigenvalue weighted by Gasteiger charge is -2.39. The van der Waals surface area contributed by atoms with Crippen LogP contribution in [0.5, 0.6) is 17.2 Å². The molecule has 2 aliphatic heterocycles. The third kappa shape index (κ3) is 2.27. The molecule has 0 bridgehead atoms. The molecule has 0 spiro atoms. The van der Waals surface area contributed by atoms with E-state index < -0.39 is 11.7 Å². The largest absolute Gasteiger partial charge is 0.504 e. The Morgan fingerprint density at radius 3 is 2.54 bits per heavy atom. The second-order valence-corrected chi connectivity index (χ2v) is 6.07. The first-order valence-electron chi connectivity index (χ1n) is 7.46. The summed E-state index contributed by atoms with van der Waals surface area (Å²) in [5, 5.41) is 22.7. The number of aromatic hydroxyl groups is 2. The lowest BCUT2D eigenvalue weighted by molar-refractivity contribution is -0.137. The highest BCUT2D eigenvalue weighted by Gasteiger charge is 2.39. The van der Waals surface area contributed by atoms with Crippen molar-refractivity contribution in [2.45, 2.75) is 24.7 Å². The molecule has 0 saturated carbocycles. The van der Waals surface area contributed by atoms with Crippen LogP contribution in [0, 0.1) is 0 Å². The molecule has 2 aromatic rings. The maximum atomic E-state index is 13.1. The molecule has 0 amide bonds. The van der Waals surface area contributed by atoms with Gasteiger partial charge in [-0.1, -0.05) is 6.07 Å². The van der Waals surface area contributed by atoms with Crippen molar-refractivity contribution in [3.63, 3.8) is 0 Å². The summed E-state index contributed by atoms with van der Waals surface area (Å²) in [5.74, 6) is -0.651. The molecule has 4 rings (SSSR count). The van der Waals surface area contributed by atoms with Crippen LogP contribution in [-0.4, -0.2) is 22.9 Å². The molecule has 2 aliphatic rings. The number of benzene rings is 2. The quantitative estimate of drug-likeness (QED) is 0.647. The van der Waals surface area contributed by atoms with Gasteiger partial charge in [-0.3, -0.25) is 0 Å².